The average Bonchev–Trinajstić information content (AvgIpc) is 2.47. The molecule has 0 aromatic carbocycles. The summed E-state index contributed by atoms with van der Waals surface area (Å²) in [4.78, 5) is 0. The van der Waals surface area contributed by atoms with Gasteiger partial charge in [-0.2, -0.15) is 0 Å². The van der Waals surface area contributed by atoms with Gasteiger partial charge in [-0.05, 0) is 33.1 Å². The summed E-state index contributed by atoms with van der Waals surface area (Å²) >= 11 is 0. The second-order valence-electron chi connectivity index (χ2n) is 7.45. The summed E-state index contributed by atoms with van der Waals surface area (Å²) in [6.07, 6.45) is 4.89. The van der Waals surface area contributed by atoms with E-state index in [0.29, 0.717) is 19.4 Å². The first kappa shape index (κ1) is 17.7. The normalized spacial score (nSPS) is 45.0. The van der Waals surface area contributed by atoms with Crippen LogP contribution in [-0.4, -0.2) is 46.3 Å². The maximum atomic E-state index is 11.0. The maximum absolute atomic E-state index is 11.0. The molecule has 1 heterocycles. The summed E-state index contributed by atoms with van der Waals surface area (Å²) in [7, 11) is 0. The van der Waals surface area contributed by atoms with E-state index in [1.165, 1.54) is 5.57 Å². The summed E-state index contributed by atoms with van der Waals surface area (Å²) in [6, 6.07) is 0. The molecule has 4 unspecified atom stereocenters. The van der Waals surface area contributed by atoms with E-state index in [4.69, 9.17) is 4.74 Å². The second kappa shape index (κ2) is 6.44. The van der Waals surface area contributed by atoms with Gasteiger partial charge in [-0.1, -0.05) is 24.6 Å². The summed E-state index contributed by atoms with van der Waals surface area (Å²) in [5.41, 5.74) is -0.0999. The molecule has 1 aliphatic heterocycles. The smallest absolute Gasteiger partial charge is 0.0865 e. The van der Waals surface area contributed by atoms with Crippen LogP contribution in [-0.2, 0) is 4.74 Å². The van der Waals surface area contributed by atoms with Gasteiger partial charge in [0.15, 0.2) is 0 Å². The van der Waals surface area contributed by atoms with Crippen LogP contribution >= 0.6 is 0 Å². The molecule has 22 heavy (non-hydrogen) atoms. The minimum Gasteiger partial charge on any atom is -0.396 e. The first-order chi connectivity index (χ1) is 10.3. The van der Waals surface area contributed by atoms with Crippen molar-refractivity contribution < 1.29 is 20.1 Å². The molecule has 4 heteroatoms. The van der Waals surface area contributed by atoms with Crippen molar-refractivity contribution in [3.05, 3.63) is 24.3 Å². The fraction of sp³-hybridized carbons (Fsp3) is 0.778. The lowest BCUT2D eigenvalue weighted by Gasteiger charge is -2.59. The first-order valence-electron chi connectivity index (χ1n) is 8.18. The molecule has 2 rings (SSSR count). The van der Waals surface area contributed by atoms with Gasteiger partial charge in [0.2, 0.25) is 0 Å². The molecular formula is C18H30O4. The van der Waals surface area contributed by atoms with Crippen molar-refractivity contribution in [3.63, 3.8) is 0 Å². The molecule has 126 valence electrons. The lowest BCUT2D eigenvalue weighted by atomic mass is 9.53. The minimum atomic E-state index is -1.06. The van der Waals surface area contributed by atoms with Crippen molar-refractivity contribution in [3.8, 4) is 0 Å². The number of allylic oxidation sites excluding steroid dienone is 1. The molecule has 1 saturated heterocycles. The highest BCUT2D eigenvalue weighted by Gasteiger charge is 2.60. The Kier molecular flexibility index (Phi) is 5.17. The van der Waals surface area contributed by atoms with Crippen molar-refractivity contribution in [1.82, 2.24) is 0 Å². The summed E-state index contributed by atoms with van der Waals surface area (Å²) in [5, 5.41) is 31.1. The SMILES string of the molecule is C=C[C@@]1(O)CC[C@@H](O)C(CO)C1C1(C)COC1CC=C(C)C. The zero-order chi connectivity index (χ0) is 16.5. The van der Waals surface area contributed by atoms with Crippen LogP contribution in [0.25, 0.3) is 0 Å². The van der Waals surface area contributed by atoms with E-state index in [1.54, 1.807) is 6.08 Å². The Bertz CT molecular complexity index is 442. The van der Waals surface area contributed by atoms with Gasteiger partial charge in [0.1, 0.15) is 0 Å². The molecule has 6 atom stereocenters. The fourth-order valence-corrected chi connectivity index (χ4v) is 4.29. The summed E-state index contributed by atoms with van der Waals surface area (Å²) in [6.45, 7) is 10.4. The zero-order valence-electron chi connectivity index (χ0n) is 14.0. The lowest BCUT2D eigenvalue weighted by molar-refractivity contribution is -0.260. The average molecular weight is 310 g/mol. The van der Waals surface area contributed by atoms with Gasteiger partial charge >= 0.3 is 0 Å². The van der Waals surface area contributed by atoms with E-state index < -0.39 is 11.7 Å². The number of aliphatic hydroxyl groups excluding tert-OH is 2. The molecule has 1 aliphatic carbocycles. The van der Waals surface area contributed by atoms with E-state index in [9.17, 15) is 15.3 Å². The first-order valence-corrected chi connectivity index (χ1v) is 8.18. The standard InChI is InChI=1S/C18H30O4/c1-5-18(21)9-8-14(20)13(10-19)16(18)17(4)11-22-15(17)7-6-12(2)3/h5-6,13-16,19-21H,1,7-11H2,2-4H3/t13?,14-,15?,16?,17?,18-/m1/s1. The van der Waals surface area contributed by atoms with Crippen molar-refractivity contribution >= 4 is 0 Å². The van der Waals surface area contributed by atoms with Crippen LogP contribution in [0.5, 0.6) is 0 Å². The Hall–Kier alpha value is -0.680. The maximum Gasteiger partial charge on any atom is 0.0865 e. The minimum absolute atomic E-state index is 0.00164. The Labute approximate surface area is 133 Å². The van der Waals surface area contributed by atoms with Crippen LogP contribution in [0, 0.1) is 17.3 Å². The predicted molar refractivity (Wildman–Crippen MR) is 86.3 cm³/mol. The second-order valence-corrected chi connectivity index (χ2v) is 7.45. The molecule has 0 bridgehead atoms. The molecule has 0 spiro atoms. The van der Waals surface area contributed by atoms with Crippen LogP contribution in [0.3, 0.4) is 0 Å². The van der Waals surface area contributed by atoms with Gasteiger partial charge < -0.3 is 20.1 Å². The quantitative estimate of drug-likeness (QED) is 0.680. The van der Waals surface area contributed by atoms with E-state index in [0.717, 1.165) is 6.42 Å². The zero-order valence-corrected chi connectivity index (χ0v) is 14.0. The number of hydrogen-bond donors (Lipinski definition) is 3. The third kappa shape index (κ3) is 2.90. The molecule has 4 nitrogen and oxygen atoms in total. The molecule has 0 aromatic rings. The van der Waals surface area contributed by atoms with Crippen LogP contribution in [0.2, 0.25) is 0 Å². The lowest BCUT2D eigenvalue weighted by Crippen LogP contribution is -2.65. The van der Waals surface area contributed by atoms with Crippen molar-refractivity contribution in [2.75, 3.05) is 13.2 Å². The number of ether oxygens (including phenoxy) is 1. The fourth-order valence-electron chi connectivity index (χ4n) is 4.29. The van der Waals surface area contributed by atoms with E-state index in [-0.39, 0.29) is 30.0 Å². The van der Waals surface area contributed by atoms with Gasteiger partial charge in [0.25, 0.3) is 0 Å². The largest absolute Gasteiger partial charge is 0.396 e. The molecular weight excluding hydrogens is 280 g/mol. The summed E-state index contributed by atoms with van der Waals surface area (Å²) < 4.78 is 5.76. The molecule has 1 saturated carbocycles. The molecule has 3 N–H and O–H groups in total. The van der Waals surface area contributed by atoms with Crippen molar-refractivity contribution in [1.29, 1.82) is 0 Å². The van der Waals surface area contributed by atoms with Crippen LogP contribution < -0.4 is 0 Å². The third-order valence-corrected chi connectivity index (χ3v) is 5.65. The highest BCUT2D eigenvalue weighted by atomic mass is 16.5. The molecule has 0 aromatic heterocycles. The van der Waals surface area contributed by atoms with Crippen molar-refractivity contribution in [2.24, 2.45) is 17.3 Å². The van der Waals surface area contributed by atoms with Gasteiger partial charge in [-0.25, -0.2) is 0 Å². The highest BCUT2D eigenvalue weighted by Crippen LogP contribution is 2.55. The highest BCUT2D eigenvalue weighted by molar-refractivity contribution is 5.15. The number of rotatable bonds is 5. The molecule has 2 aliphatic rings. The topological polar surface area (TPSA) is 69.9 Å². The van der Waals surface area contributed by atoms with Gasteiger partial charge in [0, 0.05) is 23.9 Å². The Morgan fingerprint density at radius 2 is 2.09 bits per heavy atom. The Balaban J connectivity index is 2.31. The van der Waals surface area contributed by atoms with Crippen LogP contribution in [0.4, 0.5) is 0 Å². The van der Waals surface area contributed by atoms with Gasteiger partial charge in [-0.15, -0.1) is 6.58 Å². The van der Waals surface area contributed by atoms with Crippen molar-refractivity contribution in [2.45, 2.75) is 57.8 Å². The molecule has 0 amide bonds. The predicted octanol–water partition coefficient (Wildman–Crippen LogP) is 2.04. The van der Waals surface area contributed by atoms with Crippen LogP contribution in [0.1, 0.15) is 40.0 Å². The van der Waals surface area contributed by atoms with E-state index >= 15 is 0 Å². The number of hydrogen-bond acceptors (Lipinski definition) is 4. The Morgan fingerprint density at radius 1 is 1.41 bits per heavy atom. The Morgan fingerprint density at radius 3 is 2.55 bits per heavy atom. The van der Waals surface area contributed by atoms with E-state index in [2.05, 4.69) is 33.4 Å². The summed E-state index contributed by atoms with van der Waals surface area (Å²) in [5.74, 6) is -0.601. The third-order valence-electron chi connectivity index (χ3n) is 5.65. The molecule has 2 fully saturated rings. The number of aliphatic hydroxyl groups is 3. The van der Waals surface area contributed by atoms with Crippen LogP contribution in [0.15, 0.2) is 24.3 Å². The van der Waals surface area contributed by atoms with Gasteiger partial charge in [-0.3, -0.25) is 0 Å². The van der Waals surface area contributed by atoms with Gasteiger partial charge in [0.05, 0.1) is 24.4 Å². The monoisotopic (exact) mass is 310 g/mol. The van der Waals surface area contributed by atoms with E-state index in [1.807, 2.05) is 0 Å². The molecule has 0 radical (unpaired) electrons.